The van der Waals surface area contributed by atoms with Crippen LogP contribution in [0, 0.1) is 5.92 Å². The van der Waals surface area contributed by atoms with Gasteiger partial charge in [-0.25, -0.2) is 4.79 Å². The third-order valence-corrected chi connectivity index (χ3v) is 11.6. The molecule has 0 aromatic heterocycles. The fourth-order valence-electron chi connectivity index (χ4n) is 8.28. The number of rotatable bonds is 12. The van der Waals surface area contributed by atoms with Crippen LogP contribution in [0.2, 0.25) is 0 Å². The van der Waals surface area contributed by atoms with E-state index in [4.69, 9.17) is 9.47 Å². The van der Waals surface area contributed by atoms with Gasteiger partial charge in [0.1, 0.15) is 23.9 Å². The lowest BCUT2D eigenvalue weighted by Gasteiger charge is -2.35. The van der Waals surface area contributed by atoms with Gasteiger partial charge in [0, 0.05) is 47.1 Å². The van der Waals surface area contributed by atoms with Crippen molar-refractivity contribution in [1.82, 2.24) is 36.0 Å². The number of ketones is 1. The number of urea groups is 1. The number of likely N-dealkylation sites (N-methyl/N-ethyl adjacent to an activating group) is 1. The lowest BCUT2D eigenvalue weighted by Crippen LogP contribution is -2.59. The predicted octanol–water partition coefficient (Wildman–Crippen LogP) is 3.24. The largest absolute Gasteiger partial charge is 0.493 e. The van der Waals surface area contributed by atoms with Gasteiger partial charge >= 0.3 is 6.03 Å². The van der Waals surface area contributed by atoms with Crippen LogP contribution < -0.4 is 26.0 Å². The average molecular weight is 846 g/mol. The van der Waals surface area contributed by atoms with Crippen LogP contribution >= 0.6 is 0 Å². The van der Waals surface area contributed by atoms with Crippen LogP contribution in [-0.2, 0) is 40.0 Å². The van der Waals surface area contributed by atoms with Crippen molar-refractivity contribution in [2.75, 3.05) is 40.8 Å². The lowest BCUT2D eigenvalue weighted by molar-refractivity contribution is -0.143. The Labute approximate surface area is 358 Å². The summed E-state index contributed by atoms with van der Waals surface area (Å²) >= 11 is 0. The zero-order chi connectivity index (χ0) is 44.3. The molecule has 2 aromatic rings. The van der Waals surface area contributed by atoms with Crippen LogP contribution in [0.5, 0.6) is 5.75 Å². The molecule has 0 radical (unpaired) electrons. The standard InChI is InChI=1S/C45H63N7O9/c1-7-15-34(39(54)41(56)46-26-36(53)48-37(42(57)50(4)5)30-17-10-8-11-18-30)47-40(55)35-25-33-28-52(35)43(58)38(31-19-12-9-13-20-31)49-44(59)51(6)27-29-16-14-21-32(24-29)60-23-22-45(2,3)61-33/h8,10-11,14,16-18,21,24,31,33-35,37-38H,7,9,12-13,15,19-20,22-23,25-28H2,1-6H3,(H,46,56)(H,47,55)(H,48,53)(H,49,59)/t33-,34-,35?,37+,38-/m1/s1. The first kappa shape index (κ1) is 46.6. The summed E-state index contributed by atoms with van der Waals surface area (Å²) in [4.78, 5) is 100. The zero-order valence-corrected chi connectivity index (χ0v) is 36.4. The Morgan fingerprint density at radius 3 is 2.38 bits per heavy atom. The molecule has 1 unspecified atom stereocenters. The SMILES string of the molecule is CCC[C@@H](NC(=O)C1C[C@@H]2CN1C(=O)[C@@H](C1CCCCC1)NC(=O)N(C)Cc1cccc(c1)OCCC(C)(C)O2)C(=O)C(=O)NCC(=O)N[C@H](C(=O)N(C)C)c1ccccc1. The van der Waals surface area contributed by atoms with Gasteiger partial charge in [0.2, 0.25) is 29.4 Å². The minimum absolute atomic E-state index is 0.0687. The number of amides is 7. The number of ether oxygens (including phenoxy) is 2. The van der Waals surface area contributed by atoms with Crippen LogP contribution in [0.15, 0.2) is 54.6 Å². The van der Waals surface area contributed by atoms with Crippen molar-refractivity contribution >= 4 is 41.4 Å². The normalized spacial score (nSPS) is 22.1. The van der Waals surface area contributed by atoms with E-state index in [1.54, 1.807) is 58.4 Å². The summed E-state index contributed by atoms with van der Waals surface area (Å²) in [6, 6.07) is 11.5. The number of carbonyl (C=O) groups is 7. The smallest absolute Gasteiger partial charge is 0.318 e. The van der Waals surface area contributed by atoms with Gasteiger partial charge in [-0.1, -0.05) is 75.1 Å². The fraction of sp³-hybridized carbons (Fsp3) is 0.578. The third kappa shape index (κ3) is 12.8. The van der Waals surface area contributed by atoms with Crippen molar-refractivity contribution in [3.8, 4) is 5.75 Å². The van der Waals surface area contributed by atoms with Crippen molar-refractivity contribution in [3.63, 3.8) is 0 Å². The Morgan fingerprint density at radius 2 is 1.69 bits per heavy atom. The van der Waals surface area contributed by atoms with Crippen LogP contribution in [0.3, 0.4) is 0 Å². The molecular formula is C45H63N7O9. The molecule has 332 valence electrons. The number of Topliss-reactive ketones (excluding diaryl/α,β-unsaturated/α-hetero) is 1. The monoisotopic (exact) mass is 845 g/mol. The maximum absolute atomic E-state index is 14.8. The molecule has 1 saturated heterocycles. The minimum Gasteiger partial charge on any atom is -0.493 e. The van der Waals surface area contributed by atoms with Gasteiger partial charge in [-0.05, 0) is 62.3 Å². The maximum Gasteiger partial charge on any atom is 0.318 e. The Balaban J connectivity index is 1.33. The van der Waals surface area contributed by atoms with E-state index in [0.717, 1.165) is 37.7 Å². The van der Waals surface area contributed by atoms with Gasteiger partial charge in [0.05, 0.1) is 30.9 Å². The molecule has 2 aliphatic heterocycles. The predicted molar refractivity (Wildman–Crippen MR) is 227 cm³/mol. The van der Waals surface area contributed by atoms with E-state index in [1.807, 2.05) is 38.1 Å². The molecule has 2 heterocycles. The van der Waals surface area contributed by atoms with E-state index in [9.17, 15) is 33.6 Å². The van der Waals surface area contributed by atoms with E-state index in [0.29, 0.717) is 30.8 Å². The molecule has 61 heavy (non-hydrogen) atoms. The second kappa shape index (κ2) is 21.3. The molecule has 0 spiro atoms. The first-order valence-electron chi connectivity index (χ1n) is 21.5. The van der Waals surface area contributed by atoms with E-state index >= 15 is 0 Å². The molecule has 4 bridgehead atoms. The summed E-state index contributed by atoms with van der Waals surface area (Å²) in [5.74, 6) is -3.66. The van der Waals surface area contributed by atoms with E-state index in [2.05, 4.69) is 21.3 Å². The van der Waals surface area contributed by atoms with Gasteiger partial charge < -0.3 is 45.4 Å². The molecule has 16 nitrogen and oxygen atoms in total. The molecule has 5 atom stereocenters. The molecule has 1 saturated carbocycles. The van der Waals surface area contributed by atoms with Crippen molar-refractivity contribution in [3.05, 3.63) is 65.7 Å². The summed E-state index contributed by atoms with van der Waals surface area (Å²) in [6.07, 6.45) is 4.89. The lowest BCUT2D eigenvalue weighted by atomic mass is 9.83. The van der Waals surface area contributed by atoms with Gasteiger partial charge in [-0.15, -0.1) is 0 Å². The second-order valence-electron chi connectivity index (χ2n) is 17.2. The Bertz CT molecular complexity index is 1880. The fourth-order valence-corrected chi connectivity index (χ4v) is 8.28. The number of hydrogen-bond donors (Lipinski definition) is 4. The topological polar surface area (TPSA) is 196 Å². The Hall–Kier alpha value is -5.51. The van der Waals surface area contributed by atoms with Crippen molar-refractivity contribution < 1.29 is 43.0 Å². The quantitative estimate of drug-likeness (QED) is 0.232. The highest BCUT2D eigenvalue weighted by Crippen LogP contribution is 2.32. The van der Waals surface area contributed by atoms with Gasteiger partial charge in [-0.3, -0.25) is 28.8 Å². The van der Waals surface area contributed by atoms with E-state index < -0.39 is 77.9 Å². The molecule has 1 aliphatic carbocycles. The molecule has 3 aliphatic rings. The molecule has 4 N–H and O–H groups in total. The highest BCUT2D eigenvalue weighted by Gasteiger charge is 2.46. The van der Waals surface area contributed by atoms with Crippen LogP contribution in [0.1, 0.15) is 95.7 Å². The number of nitrogens with zero attached hydrogens (tertiary/aromatic N) is 3. The van der Waals surface area contributed by atoms with Crippen LogP contribution in [0.25, 0.3) is 0 Å². The number of benzene rings is 2. The molecule has 2 aromatic carbocycles. The molecular weight excluding hydrogens is 783 g/mol. The van der Waals surface area contributed by atoms with Gasteiger partial charge in [0.25, 0.3) is 5.91 Å². The first-order valence-corrected chi connectivity index (χ1v) is 21.5. The minimum atomic E-state index is -1.26. The Kier molecular flexibility index (Phi) is 16.3. The van der Waals surface area contributed by atoms with Crippen LogP contribution in [-0.4, -0.2) is 127 Å². The summed E-state index contributed by atoms with van der Waals surface area (Å²) in [5.41, 5.74) is 0.693. The Morgan fingerprint density at radius 1 is 0.967 bits per heavy atom. The highest BCUT2D eigenvalue weighted by molar-refractivity contribution is 6.38. The summed E-state index contributed by atoms with van der Waals surface area (Å²) in [7, 11) is 4.79. The maximum atomic E-state index is 14.8. The van der Waals surface area contributed by atoms with E-state index in [-0.39, 0.29) is 37.8 Å². The van der Waals surface area contributed by atoms with Gasteiger partial charge in [0.15, 0.2) is 0 Å². The third-order valence-electron chi connectivity index (χ3n) is 11.6. The summed E-state index contributed by atoms with van der Waals surface area (Å²) < 4.78 is 12.7. The number of hydrogen-bond acceptors (Lipinski definition) is 9. The second-order valence-corrected chi connectivity index (χ2v) is 17.2. The molecule has 5 rings (SSSR count). The number of carbonyl (C=O) groups excluding carboxylic acids is 7. The molecule has 2 fully saturated rings. The number of nitrogens with one attached hydrogen (secondary N) is 4. The van der Waals surface area contributed by atoms with Crippen molar-refractivity contribution in [1.29, 1.82) is 0 Å². The summed E-state index contributed by atoms with van der Waals surface area (Å²) in [6.45, 7) is 5.74. The molecule has 16 heteroatoms. The molecule has 7 amide bonds. The summed E-state index contributed by atoms with van der Waals surface area (Å²) in [5, 5.41) is 10.8. The average Bonchev–Trinajstić information content (AvgIpc) is 3.66. The number of fused-ring (bicyclic) bond motifs is 4. The van der Waals surface area contributed by atoms with Crippen LogP contribution in [0.4, 0.5) is 4.79 Å². The highest BCUT2D eigenvalue weighted by atomic mass is 16.5. The van der Waals surface area contributed by atoms with Crippen molar-refractivity contribution in [2.24, 2.45) is 5.92 Å². The van der Waals surface area contributed by atoms with E-state index in [1.165, 1.54) is 14.7 Å². The zero-order valence-electron chi connectivity index (χ0n) is 36.4. The van der Waals surface area contributed by atoms with Crippen molar-refractivity contribution in [2.45, 2.75) is 121 Å². The first-order chi connectivity index (χ1) is 29.1. The van der Waals surface area contributed by atoms with Gasteiger partial charge in [-0.2, -0.15) is 0 Å².